The average Bonchev–Trinajstić information content (AvgIpc) is 3.19. The van der Waals surface area contributed by atoms with E-state index in [0.717, 1.165) is 6.07 Å². The molecule has 11 heteroatoms. The van der Waals surface area contributed by atoms with Crippen LogP contribution in [0.1, 0.15) is 18.1 Å². The summed E-state index contributed by atoms with van der Waals surface area (Å²) in [5.41, 5.74) is -1.24. The highest BCUT2D eigenvalue weighted by Crippen LogP contribution is 2.37. The zero-order valence-electron chi connectivity index (χ0n) is 15.6. The van der Waals surface area contributed by atoms with Crippen molar-refractivity contribution in [2.45, 2.75) is 24.7 Å². The number of benzene rings is 1. The van der Waals surface area contributed by atoms with E-state index in [1.165, 1.54) is 10.9 Å². The molecule has 0 unspecified atom stereocenters. The van der Waals surface area contributed by atoms with Crippen LogP contribution in [0, 0.1) is 11.3 Å². The van der Waals surface area contributed by atoms with Gasteiger partial charge in [-0.3, -0.25) is 4.52 Å². The third-order valence-corrected chi connectivity index (χ3v) is 4.82. The van der Waals surface area contributed by atoms with Crippen molar-refractivity contribution in [3.8, 4) is 17.3 Å². The van der Waals surface area contributed by atoms with Crippen molar-refractivity contribution >= 4 is 23.5 Å². The molecule has 0 aliphatic carbocycles. The largest absolute Gasteiger partial charge is 0.861 e. The van der Waals surface area contributed by atoms with Crippen LogP contribution in [0.15, 0.2) is 57.1 Å². The van der Waals surface area contributed by atoms with Gasteiger partial charge in [0.1, 0.15) is 11.1 Å². The number of hydrogen-bond donors (Lipinski definition) is 0. The minimum atomic E-state index is -4.76. The number of halogens is 3. The first-order valence-electron chi connectivity index (χ1n) is 8.63. The van der Waals surface area contributed by atoms with Gasteiger partial charge < -0.3 is 5.11 Å². The molecule has 0 spiro atoms. The zero-order chi connectivity index (χ0) is 21.7. The Morgan fingerprint density at radius 2 is 2.07 bits per heavy atom. The van der Waals surface area contributed by atoms with Crippen molar-refractivity contribution in [1.82, 2.24) is 10.3 Å². The van der Waals surface area contributed by atoms with Gasteiger partial charge in [0.15, 0.2) is 6.54 Å². The Bertz CT molecular complexity index is 1110. The van der Waals surface area contributed by atoms with Crippen molar-refractivity contribution in [1.29, 1.82) is 5.26 Å². The van der Waals surface area contributed by atoms with E-state index in [1.807, 2.05) is 6.92 Å². The van der Waals surface area contributed by atoms with Crippen LogP contribution in [0.3, 0.4) is 0 Å². The smallest absolute Gasteiger partial charge is 0.417 e. The molecule has 0 atom stereocenters. The predicted molar refractivity (Wildman–Crippen MR) is 99.6 cm³/mol. The minimum absolute atomic E-state index is 0.0232. The molecule has 154 valence electrons. The van der Waals surface area contributed by atoms with Crippen LogP contribution in [0.2, 0.25) is 0 Å². The van der Waals surface area contributed by atoms with E-state index in [0.29, 0.717) is 23.9 Å². The van der Waals surface area contributed by atoms with Crippen molar-refractivity contribution in [3.05, 3.63) is 53.7 Å². The summed E-state index contributed by atoms with van der Waals surface area (Å²) in [6.45, 7) is 2.33. The molecule has 0 aliphatic rings. The molecule has 0 radical (unpaired) electrons. The van der Waals surface area contributed by atoms with Gasteiger partial charge in [-0.15, -0.1) is 0 Å². The number of hydrogen-bond acceptors (Lipinski definition) is 7. The lowest BCUT2D eigenvalue weighted by Crippen LogP contribution is -2.32. The van der Waals surface area contributed by atoms with E-state index in [9.17, 15) is 23.5 Å². The Morgan fingerprint density at radius 3 is 2.67 bits per heavy atom. The number of aryl methyl sites for hydroxylation is 1. The lowest BCUT2D eigenvalue weighted by Gasteiger charge is -2.15. The molecule has 0 amide bonds. The molecule has 0 aliphatic heterocycles. The normalized spacial score (nSPS) is 12.0. The van der Waals surface area contributed by atoms with E-state index < -0.39 is 23.2 Å². The van der Waals surface area contributed by atoms with Gasteiger partial charge in [0.25, 0.3) is 6.20 Å². The SMILES string of the molecule is CC[n+]1cc(/N=C(/[O-])CSc2nc(-c3ccccc3)cc(C(F)(F)F)c2C#N)on1. The molecule has 0 saturated carbocycles. The summed E-state index contributed by atoms with van der Waals surface area (Å²) in [5.74, 6) is -1.02. The van der Waals surface area contributed by atoms with Gasteiger partial charge in [-0.2, -0.15) is 18.4 Å². The highest BCUT2D eigenvalue weighted by atomic mass is 32.2. The maximum Gasteiger partial charge on any atom is 0.417 e. The molecule has 3 aromatic rings. The van der Waals surface area contributed by atoms with Crippen molar-refractivity contribution < 1.29 is 27.5 Å². The lowest BCUT2D eigenvalue weighted by molar-refractivity contribution is -0.759. The summed E-state index contributed by atoms with van der Waals surface area (Å²) < 4.78 is 46.9. The minimum Gasteiger partial charge on any atom is -0.861 e. The first kappa shape index (κ1) is 21.3. The molecule has 3 rings (SSSR count). The van der Waals surface area contributed by atoms with E-state index in [1.54, 1.807) is 36.4 Å². The quantitative estimate of drug-likeness (QED) is 0.256. The Labute approximate surface area is 173 Å². The number of thioether (sulfide) groups is 1. The number of rotatable bonds is 6. The third-order valence-electron chi connectivity index (χ3n) is 3.86. The van der Waals surface area contributed by atoms with Gasteiger partial charge in [0.2, 0.25) is 5.27 Å². The van der Waals surface area contributed by atoms with Gasteiger partial charge in [0.05, 0.1) is 16.8 Å². The van der Waals surface area contributed by atoms with Crippen LogP contribution in [0.5, 0.6) is 0 Å². The standard InChI is InChI=1S/C19H14F3N5O2S/c1-2-27-10-17(29-26-27)25-16(28)11-30-18-13(9-23)14(19(20,21)22)8-15(24-18)12-6-4-3-5-7-12/h3-8,10H,2,11H2,1H3. The summed E-state index contributed by atoms with van der Waals surface area (Å²) in [5, 5.41) is 24.8. The average molecular weight is 433 g/mol. The maximum absolute atomic E-state index is 13.5. The number of nitriles is 1. The second-order valence-electron chi connectivity index (χ2n) is 5.90. The third kappa shape index (κ3) is 4.96. The van der Waals surface area contributed by atoms with Gasteiger partial charge in [0, 0.05) is 11.3 Å². The summed E-state index contributed by atoms with van der Waals surface area (Å²) in [4.78, 5) is 7.90. The Kier molecular flexibility index (Phi) is 6.37. The monoisotopic (exact) mass is 433 g/mol. The van der Waals surface area contributed by atoms with E-state index in [-0.39, 0.29) is 22.4 Å². The van der Waals surface area contributed by atoms with Gasteiger partial charge in [-0.25, -0.2) is 9.98 Å². The van der Waals surface area contributed by atoms with Crippen LogP contribution in [0.25, 0.3) is 11.3 Å². The van der Waals surface area contributed by atoms with Crippen LogP contribution in [0.4, 0.5) is 19.1 Å². The van der Waals surface area contributed by atoms with E-state index >= 15 is 0 Å². The number of alkyl halides is 3. The highest BCUT2D eigenvalue weighted by molar-refractivity contribution is 7.99. The summed E-state index contributed by atoms with van der Waals surface area (Å²) in [6.07, 6.45) is -3.34. The first-order chi connectivity index (χ1) is 14.3. The zero-order valence-corrected chi connectivity index (χ0v) is 16.4. The van der Waals surface area contributed by atoms with Crippen molar-refractivity contribution in [2.75, 3.05) is 5.75 Å². The molecule has 0 saturated heterocycles. The summed E-state index contributed by atoms with van der Waals surface area (Å²) in [7, 11) is 0. The number of nitrogens with zero attached hydrogens (tertiary/aromatic N) is 5. The van der Waals surface area contributed by atoms with Crippen LogP contribution >= 0.6 is 11.8 Å². The van der Waals surface area contributed by atoms with Crippen LogP contribution in [-0.2, 0) is 12.7 Å². The van der Waals surface area contributed by atoms with Gasteiger partial charge in [-0.1, -0.05) is 46.8 Å². The number of pyridine rings is 1. The van der Waals surface area contributed by atoms with Crippen molar-refractivity contribution in [3.63, 3.8) is 0 Å². The van der Waals surface area contributed by atoms with Gasteiger partial charge >= 0.3 is 12.1 Å². The molecule has 30 heavy (non-hydrogen) atoms. The highest BCUT2D eigenvalue weighted by Gasteiger charge is 2.36. The maximum atomic E-state index is 13.5. The molecule has 1 aromatic carbocycles. The molecule has 0 fully saturated rings. The molecular formula is C19H14F3N5O2S. The fourth-order valence-corrected chi connectivity index (χ4v) is 3.25. The summed E-state index contributed by atoms with van der Waals surface area (Å²) >= 11 is 0.705. The molecule has 0 bridgehead atoms. The summed E-state index contributed by atoms with van der Waals surface area (Å²) in [6, 6.07) is 10.7. The van der Waals surface area contributed by atoms with Gasteiger partial charge in [-0.05, 0) is 18.9 Å². The second kappa shape index (κ2) is 8.96. The Hall–Kier alpha value is -3.39. The number of aliphatic imine (C=N–C) groups is 1. The molecule has 2 heterocycles. The fourth-order valence-electron chi connectivity index (χ4n) is 2.47. The van der Waals surface area contributed by atoms with Crippen LogP contribution < -0.4 is 9.79 Å². The predicted octanol–water partition coefficient (Wildman–Crippen LogP) is 3.12. The second-order valence-corrected chi connectivity index (χ2v) is 6.87. The molecule has 7 nitrogen and oxygen atoms in total. The van der Waals surface area contributed by atoms with E-state index in [4.69, 9.17) is 4.52 Å². The first-order valence-corrected chi connectivity index (χ1v) is 9.62. The lowest BCUT2D eigenvalue weighted by atomic mass is 10.1. The molecular weight excluding hydrogens is 419 g/mol. The molecule has 2 aromatic heterocycles. The van der Waals surface area contributed by atoms with Crippen molar-refractivity contribution in [2.24, 2.45) is 4.99 Å². The Morgan fingerprint density at radius 1 is 1.33 bits per heavy atom. The Balaban J connectivity index is 1.95. The molecule has 0 N–H and O–H groups in total. The topological polar surface area (TPSA) is 102 Å². The number of aromatic nitrogens is 3. The fraction of sp³-hybridized carbons (Fsp3) is 0.211. The van der Waals surface area contributed by atoms with Crippen LogP contribution in [-0.4, -0.2) is 21.9 Å². The van der Waals surface area contributed by atoms with E-state index in [2.05, 4.69) is 15.2 Å².